The van der Waals surface area contributed by atoms with E-state index in [0.29, 0.717) is 6.04 Å². The zero-order valence-corrected chi connectivity index (χ0v) is 5.22. The minimum atomic E-state index is 0.450. The summed E-state index contributed by atoms with van der Waals surface area (Å²) in [7, 11) is 0. The number of nitrogens with one attached hydrogen (secondary N) is 1. The average molecular weight is 124 g/mol. The molecule has 3 nitrogen and oxygen atoms in total. The van der Waals surface area contributed by atoms with Crippen LogP contribution in [0.1, 0.15) is 17.5 Å². The molecule has 1 aliphatic heterocycles. The van der Waals surface area contributed by atoms with E-state index in [2.05, 4.69) is 10.5 Å². The molecule has 1 atom stereocenters. The van der Waals surface area contributed by atoms with E-state index in [0.717, 1.165) is 18.0 Å². The summed E-state index contributed by atoms with van der Waals surface area (Å²) in [6.07, 6.45) is 0. The second-order valence-electron chi connectivity index (χ2n) is 2.33. The summed E-state index contributed by atoms with van der Waals surface area (Å²) in [5.74, 6) is 0.965. The quantitative estimate of drug-likeness (QED) is 0.558. The second kappa shape index (κ2) is 1.57. The van der Waals surface area contributed by atoms with Crippen LogP contribution in [-0.4, -0.2) is 11.7 Å². The Kier molecular flexibility index (Phi) is 0.873. The smallest absolute Gasteiger partial charge is 0.155 e. The molecule has 2 rings (SSSR count). The maximum Gasteiger partial charge on any atom is 0.155 e. The first-order valence-electron chi connectivity index (χ1n) is 3.03. The van der Waals surface area contributed by atoms with Crippen LogP contribution in [0.4, 0.5) is 0 Å². The summed E-state index contributed by atoms with van der Waals surface area (Å²) in [4.78, 5) is 0. The van der Waals surface area contributed by atoms with E-state index in [9.17, 15) is 0 Å². The third-order valence-electron chi connectivity index (χ3n) is 1.40. The van der Waals surface area contributed by atoms with Crippen LogP contribution in [0.15, 0.2) is 10.6 Å². The number of hydrogen-bond donors (Lipinski definition) is 1. The van der Waals surface area contributed by atoms with Gasteiger partial charge in [0, 0.05) is 12.6 Å². The Labute approximate surface area is 53.0 Å². The predicted molar refractivity (Wildman–Crippen MR) is 32.0 cm³/mol. The zero-order chi connectivity index (χ0) is 6.27. The van der Waals surface area contributed by atoms with Gasteiger partial charge in [0.25, 0.3) is 0 Å². The maximum absolute atomic E-state index is 4.98. The minimum absolute atomic E-state index is 0.450. The first-order valence-corrected chi connectivity index (χ1v) is 3.03. The van der Waals surface area contributed by atoms with E-state index in [1.165, 1.54) is 0 Å². The highest BCUT2D eigenvalue weighted by molar-refractivity contribution is 5.12. The predicted octanol–water partition coefficient (Wildman–Crippen LogP) is 0.627. The van der Waals surface area contributed by atoms with Crippen LogP contribution < -0.4 is 5.32 Å². The molecule has 0 radical (unpaired) electrons. The summed E-state index contributed by atoms with van der Waals surface area (Å²) in [6, 6.07) is 2.41. The number of hydrogen-bond acceptors (Lipinski definition) is 3. The van der Waals surface area contributed by atoms with E-state index in [-0.39, 0.29) is 0 Å². The van der Waals surface area contributed by atoms with Crippen molar-refractivity contribution in [3.05, 3.63) is 17.5 Å². The topological polar surface area (TPSA) is 48.0 Å². The number of aromatic nitrogens is 1. The Morgan fingerprint density at radius 1 is 1.89 bits per heavy atom. The summed E-state index contributed by atoms with van der Waals surface area (Å²) in [5.41, 5.74) is 0.957. The summed E-state index contributed by atoms with van der Waals surface area (Å²) >= 11 is 0. The van der Waals surface area contributed by atoms with Gasteiger partial charge in [-0.15, -0.1) is 0 Å². The van der Waals surface area contributed by atoms with Crippen LogP contribution in [0.5, 0.6) is 0 Å². The molecule has 1 fully saturated rings. The average Bonchev–Trinajstić information content (AvgIpc) is 2.58. The molecule has 1 saturated heterocycles. The molecule has 0 aromatic carbocycles. The first kappa shape index (κ1) is 4.99. The van der Waals surface area contributed by atoms with Gasteiger partial charge in [-0.25, -0.2) is 0 Å². The molecule has 1 N–H and O–H groups in total. The fraction of sp³-hybridized carbons (Fsp3) is 0.500. The molecule has 0 bridgehead atoms. The monoisotopic (exact) mass is 124 g/mol. The molecular weight excluding hydrogens is 116 g/mol. The van der Waals surface area contributed by atoms with Crippen molar-refractivity contribution in [3.8, 4) is 0 Å². The van der Waals surface area contributed by atoms with Crippen LogP contribution in [0.3, 0.4) is 0 Å². The van der Waals surface area contributed by atoms with Crippen LogP contribution >= 0.6 is 0 Å². The molecule has 48 valence electrons. The van der Waals surface area contributed by atoms with Gasteiger partial charge in [0.15, 0.2) is 5.76 Å². The molecule has 3 heteroatoms. The molecule has 0 spiro atoms. The van der Waals surface area contributed by atoms with Crippen molar-refractivity contribution in [2.75, 3.05) is 6.54 Å². The highest BCUT2D eigenvalue weighted by Gasteiger charge is 2.26. The molecule has 1 aliphatic rings. The fourth-order valence-corrected chi connectivity index (χ4v) is 0.808. The third kappa shape index (κ3) is 0.833. The Morgan fingerprint density at radius 2 is 2.67 bits per heavy atom. The molecule has 0 amide bonds. The van der Waals surface area contributed by atoms with E-state index in [1.807, 2.05) is 13.0 Å². The van der Waals surface area contributed by atoms with E-state index in [4.69, 9.17) is 4.52 Å². The molecular formula is C6H8N2O. The Morgan fingerprint density at radius 3 is 3.11 bits per heavy atom. The SMILES string of the molecule is Cc1cc(C2CN2)on1. The van der Waals surface area contributed by atoms with Gasteiger partial charge in [-0.1, -0.05) is 5.16 Å². The van der Waals surface area contributed by atoms with Gasteiger partial charge in [0.05, 0.1) is 11.7 Å². The number of rotatable bonds is 1. The second-order valence-corrected chi connectivity index (χ2v) is 2.33. The van der Waals surface area contributed by atoms with Crippen LogP contribution in [-0.2, 0) is 0 Å². The van der Waals surface area contributed by atoms with Crippen molar-refractivity contribution in [2.24, 2.45) is 0 Å². The Bertz CT molecular complexity index is 215. The van der Waals surface area contributed by atoms with Crippen LogP contribution in [0.2, 0.25) is 0 Å². The largest absolute Gasteiger partial charge is 0.359 e. The third-order valence-corrected chi connectivity index (χ3v) is 1.40. The van der Waals surface area contributed by atoms with Gasteiger partial charge < -0.3 is 9.84 Å². The van der Waals surface area contributed by atoms with E-state index in [1.54, 1.807) is 0 Å². The molecule has 1 aromatic heterocycles. The first-order chi connectivity index (χ1) is 4.36. The van der Waals surface area contributed by atoms with Crippen molar-refractivity contribution < 1.29 is 4.52 Å². The van der Waals surface area contributed by atoms with Gasteiger partial charge in [0.2, 0.25) is 0 Å². The molecule has 1 aromatic rings. The lowest BCUT2D eigenvalue weighted by atomic mass is 10.3. The van der Waals surface area contributed by atoms with Gasteiger partial charge in [-0.2, -0.15) is 0 Å². The van der Waals surface area contributed by atoms with Crippen molar-refractivity contribution in [1.29, 1.82) is 0 Å². The van der Waals surface area contributed by atoms with Crippen LogP contribution in [0, 0.1) is 6.92 Å². The van der Waals surface area contributed by atoms with E-state index >= 15 is 0 Å². The molecule has 9 heavy (non-hydrogen) atoms. The lowest BCUT2D eigenvalue weighted by Crippen LogP contribution is -1.76. The van der Waals surface area contributed by atoms with Gasteiger partial charge in [0.1, 0.15) is 0 Å². The van der Waals surface area contributed by atoms with Crippen molar-refractivity contribution in [3.63, 3.8) is 0 Å². The summed E-state index contributed by atoms with van der Waals surface area (Å²) < 4.78 is 4.98. The highest BCUT2D eigenvalue weighted by Crippen LogP contribution is 2.21. The zero-order valence-electron chi connectivity index (χ0n) is 5.22. The Hall–Kier alpha value is -0.830. The standard InChI is InChI=1S/C6H8N2O/c1-4-2-6(9-8-4)5-3-7-5/h2,5,7H,3H2,1H3. The number of nitrogens with zero attached hydrogens (tertiary/aromatic N) is 1. The molecule has 1 unspecified atom stereocenters. The van der Waals surface area contributed by atoms with Crippen molar-refractivity contribution >= 4 is 0 Å². The normalized spacial score (nSPS) is 24.3. The summed E-state index contributed by atoms with van der Waals surface area (Å²) in [6.45, 7) is 2.96. The van der Waals surface area contributed by atoms with Crippen molar-refractivity contribution in [2.45, 2.75) is 13.0 Å². The lowest BCUT2D eigenvalue weighted by molar-refractivity contribution is 0.380. The van der Waals surface area contributed by atoms with Crippen LogP contribution in [0.25, 0.3) is 0 Å². The Balaban J connectivity index is 2.28. The number of aryl methyl sites for hydroxylation is 1. The van der Waals surface area contributed by atoms with Crippen molar-refractivity contribution in [1.82, 2.24) is 10.5 Å². The van der Waals surface area contributed by atoms with Gasteiger partial charge >= 0.3 is 0 Å². The molecule has 0 aliphatic carbocycles. The maximum atomic E-state index is 4.98. The highest BCUT2D eigenvalue weighted by atomic mass is 16.5. The van der Waals surface area contributed by atoms with E-state index < -0.39 is 0 Å². The van der Waals surface area contributed by atoms with Gasteiger partial charge in [-0.3, -0.25) is 0 Å². The van der Waals surface area contributed by atoms with Gasteiger partial charge in [-0.05, 0) is 6.92 Å². The lowest BCUT2D eigenvalue weighted by Gasteiger charge is -1.78. The minimum Gasteiger partial charge on any atom is -0.359 e. The summed E-state index contributed by atoms with van der Waals surface area (Å²) in [5, 5.41) is 6.89. The molecule has 2 heterocycles. The molecule has 0 saturated carbocycles. The fourth-order valence-electron chi connectivity index (χ4n) is 0.808.